The quantitative estimate of drug-likeness (QED) is 0.665. The van der Waals surface area contributed by atoms with Crippen molar-refractivity contribution in [2.24, 2.45) is 0 Å². The third-order valence-corrected chi connectivity index (χ3v) is 4.72. The highest BCUT2D eigenvalue weighted by atomic mass is 16.5. The number of rotatable bonds is 6. The van der Waals surface area contributed by atoms with Crippen molar-refractivity contribution in [1.82, 2.24) is 9.88 Å². The first-order valence-electron chi connectivity index (χ1n) is 9.39. The first-order chi connectivity index (χ1) is 13.4. The second-order valence-corrected chi connectivity index (χ2v) is 6.76. The van der Waals surface area contributed by atoms with Crippen molar-refractivity contribution in [3.63, 3.8) is 0 Å². The van der Waals surface area contributed by atoms with Gasteiger partial charge in [-0.2, -0.15) is 0 Å². The highest BCUT2D eigenvalue weighted by Crippen LogP contribution is 2.21. The number of ether oxygens (including phenoxy) is 2. The summed E-state index contributed by atoms with van der Waals surface area (Å²) < 4.78 is 11.8. The van der Waals surface area contributed by atoms with Gasteiger partial charge in [0.25, 0.3) is 0 Å². The van der Waals surface area contributed by atoms with E-state index < -0.39 is 0 Å². The number of morpholine rings is 1. The van der Waals surface area contributed by atoms with Crippen molar-refractivity contribution in [2.45, 2.75) is 12.6 Å². The van der Waals surface area contributed by atoms with Crippen LogP contribution >= 0.6 is 0 Å². The Kier molecular flexibility index (Phi) is 5.77. The minimum atomic E-state index is 0.0953. The number of aromatic nitrogens is 1. The van der Waals surface area contributed by atoms with E-state index >= 15 is 0 Å². The predicted octanol–water partition coefficient (Wildman–Crippen LogP) is 4.03. The summed E-state index contributed by atoms with van der Waals surface area (Å²) in [6, 6.07) is 24.6. The summed E-state index contributed by atoms with van der Waals surface area (Å²) in [7, 11) is 0. The fraction of sp³-hybridized carbons (Fsp3) is 0.261. The molecule has 1 aliphatic rings. The standard InChI is InChI=1S/C23H24N2O2/c1-2-6-19(7-3-1)16-25-14-15-26-22(17-25)18-27-21-11-9-20(10-12-21)23-8-4-5-13-24-23/h1-13,22H,14-18H2. The molecule has 3 aromatic rings. The van der Waals surface area contributed by atoms with Crippen LogP contribution in [0.5, 0.6) is 5.75 Å². The Hall–Kier alpha value is -2.69. The van der Waals surface area contributed by atoms with E-state index in [0.717, 1.165) is 43.2 Å². The van der Waals surface area contributed by atoms with Crippen molar-refractivity contribution in [1.29, 1.82) is 0 Å². The number of benzene rings is 2. The SMILES string of the molecule is c1ccc(CN2CCOC(COc3ccc(-c4ccccn4)cc3)C2)cc1. The maximum absolute atomic E-state index is 5.96. The lowest BCUT2D eigenvalue weighted by atomic mass is 10.1. The molecule has 1 aliphatic heterocycles. The van der Waals surface area contributed by atoms with Gasteiger partial charge in [-0.1, -0.05) is 36.4 Å². The van der Waals surface area contributed by atoms with Crippen molar-refractivity contribution < 1.29 is 9.47 Å². The van der Waals surface area contributed by atoms with Crippen LogP contribution in [0.4, 0.5) is 0 Å². The van der Waals surface area contributed by atoms with E-state index in [4.69, 9.17) is 9.47 Å². The molecule has 2 aromatic carbocycles. The van der Waals surface area contributed by atoms with Gasteiger partial charge >= 0.3 is 0 Å². The number of hydrogen-bond donors (Lipinski definition) is 0. The summed E-state index contributed by atoms with van der Waals surface area (Å²) >= 11 is 0. The van der Waals surface area contributed by atoms with E-state index in [0.29, 0.717) is 6.61 Å². The fourth-order valence-electron chi connectivity index (χ4n) is 3.31. The normalized spacial score (nSPS) is 17.6. The molecule has 1 saturated heterocycles. The van der Waals surface area contributed by atoms with E-state index in [1.165, 1.54) is 5.56 Å². The van der Waals surface area contributed by atoms with Gasteiger partial charge in [0.15, 0.2) is 0 Å². The van der Waals surface area contributed by atoms with Gasteiger partial charge in [0.1, 0.15) is 18.5 Å². The maximum Gasteiger partial charge on any atom is 0.119 e. The molecule has 0 bridgehead atoms. The highest BCUT2D eigenvalue weighted by molar-refractivity contribution is 5.59. The fourth-order valence-corrected chi connectivity index (χ4v) is 3.31. The van der Waals surface area contributed by atoms with Gasteiger partial charge in [-0.05, 0) is 42.0 Å². The largest absolute Gasteiger partial charge is 0.491 e. The van der Waals surface area contributed by atoms with Crippen LogP contribution in [0.25, 0.3) is 11.3 Å². The van der Waals surface area contributed by atoms with Crippen LogP contribution in [0.15, 0.2) is 79.0 Å². The number of nitrogens with zero attached hydrogens (tertiary/aromatic N) is 2. The van der Waals surface area contributed by atoms with E-state index in [2.05, 4.69) is 40.2 Å². The second-order valence-electron chi connectivity index (χ2n) is 6.76. The number of pyridine rings is 1. The van der Waals surface area contributed by atoms with Gasteiger partial charge in [0.2, 0.25) is 0 Å². The Balaban J connectivity index is 1.29. The smallest absolute Gasteiger partial charge is 0.119 e. The van der Waals surface area contributed by atoms with Crippen molar-refractivity contribution in [2.75, 3.05) is 26.3 Å². The summed E-state index contributed by atoms with van der Waals surface area (Å²) in [5.41, 5.74) is 3.39. The monoisotopic (exact) mass is 360 g/mol. The van der Waals surface area contributed by atoms with E-state index in [1.807, 2.05) is 42.5 Å². The molecule has 4 rings (SSSR count). The molecule has 0 radical (unpaired) electrons. The molecule has 1 fully saturated rings. The van der Waals surface area contributed by atoms with Gasteiger partial charge in [-0.15, -0.1) is 0 Å². The lowest BCUT2D eigenvalue weighted by Gasteiger charge is -2.32. The molecule has 2 heterocycles. The molecular formula is C23H24N2O2. The molecular weight excluding hydrogens is 336 g/mol. The lowest BCUT2D eigenvalue weighted by molar-refractivity contribution is -0.0504. The summed E-state index contributed by atoms with van der Waals surface area (Å²) in [5, 5.41) is 0. The van der Waals surface area contributed by atoms with Gasteiger partial charge in [-0.25, -0.2) is 0 Å². The van der Waals surface area contributed by atoms with Gasteiger partial charge in [-0.3, -0.25) is 9.88 Å². The minimum absolute atomic E-state index is 0.0953. The molecule has 1 atom stereocenters. The van der Waals surface area contributed by atoms with Crippen LogP contribution in [-0.4, -0.2) is 42.3 Å². The molecule has 27 heavy (non-hydrogen) atoms. The summed E-state index contributed by atoms with van der Waals surface area (Å²) in [5.74, 6) is 0.860. The Bertz CT molecular complexity index is 822. The lowest BCUT2D eigenvalue weighted by Crippen LogP contribution is -2.44. The van der Waals surface area contributed by atoms with Crippen LogP contribution in [-0.2, 0) is 11.3 Å². The van der Waals surface area contributed by atoms with Gasteiger partial charge < -0.3 is 9.47 Å². The molecule has 0 aliphatic carbocycles. The predicted molar refractivity (Wildman–Crippen MR) is 107 cm³/mol. The molecule has 4 nitrogen and oxygen atoms in total. The van der Waals surface area contributed by atoms with Crippen LogP contribution < -0.4 is 4.74 Å². The molecule has 0 saturated carbocycles. The van der Waals surface area contributed by atoms with Crippen LogP contribution in [0.1, 0.15) is 5.56 Å². The molecule has 1 aromatic heterocycles. The van der Waals surface area contributed by atoms with E-state index in [-0.39, 0.29) is 6.10 Å². The molecule has 0 spiro atoms. The summed E-state index contributed by atoms with van der Waals surface area (Å²) in [6.45, 7) is 4.12. The Labute approximate surface area is 160 Å². The summed E-state index contributed by atoms with van der Waals surface area (Å²) in [6.07, 6.45) is 1.90. The van der Waals surface area contributed by atoms with Gasteiger partial charge in [0, 0.05) is 31.4 Å². The molecule has 0 N–H and O–H groups in total. The molecule has 4 heteroatoms. The van der Waals surface area contributed by atoms with E-state index in [1.54, 1.807) is 6.20 Å². The van der Waals surface area contributed by atoms with E-state index in [9.17, 15) is 0 Å². The third kappa shape index (κ3) is 4.94. The highest BCUT2D eigenvalue weighted by Gasteiger charge is 2.21. The minimum Gasteiger partial charge on any atom is -0.491 e. The Morgan fingerprint density at radius 1 is 0.963 bits per heavy atom. The zero-order chi connectivity index (χ0) is 18.3. The molecule has 138 valence electrons. The summed E-state index contributed by atoms with van der Waals surface area (Å²) in [4.78, 5) is 6.80. The average Bonchev–Trinajstić information content (AvgIpc) is 2.74. The van der Waals surface area contributed by atoms with Crippen molar-refractivity contribution in [3.05, 3.63) is 84.6 Å². The number of hydrogen-bond acceptors (Lipinski definition) is 4. The zero-order valence-electron chi connectivity index (χ0n) is 15.3. The average molecular weight is 360 g/mol. The van der Waals surface area contributed by atoms with Crippen LogP contribution in [0.3, 0.4) is 0 Å². The maximum atomic E-state index is 5.96. The van der Waals surface area contributed by atoms with Crippen LogP contribution in [0.2, 0.25) is 0 Å². The molecule has 1 unspecified atom stereocenters. The van der Waals surface area contributed by atoms with Gasteiger partial charge in [0.05, 0.1) is 12.3 Å². The first-order valence-corrected chi connectivity index (χ1v) is 9.39. The zero-order valence-corrected chi connectivity index (χ0v) is 15.3. The second kappa shape index (κ2) is 8.80. The van der Waals surface area contributed by atoms with Crippen molar-refractivity contribution in [3.8, 4) is 17.0 Å². The van der Waals surface area contributed by atoms with Crippen LogP contribution in [0, 0.1) is 0 Å². The topological polar surface area (TPSA) is 34.6 Å². The third-order valence-electron chi connectivity index (χ3n) is 4.72. The molecule has 0 amide bonds. The van der Waals surface area contributed by atoms with Crippen molar-refractivity contribution >= 4 is 0 Å². The first kappa shape index (κ1) is 17.7. The Morgan fingerprint density at radius 3 is 2.56 bits per heavy atom. The Morgan fingerprint density at radius 2 is 1.78 bits per heavy atom.